The number of carbonyl (C=O) groups is 2. The molecule has 0 saturated carbocycles. The number of anilines is 1. The Labute approximate surface area is 113 Å². The molecule has 0 radical (unpaired) electrons. The number of likely N-dealkylation sites (N-methyl/N-ethyl adjacent to an activating group) is 1. The van der Waals surface area contributed by atoms with Gasteiger partial charge >= 0.3 is 0 Å². The van der Waals surface area contributed by atoms with E-state index in [2.05, 4.69) is 10.6 Å². The molecule has 102 valence electrons. The van der Waals surface area contributed by atoms with Gasteiger partial charge in [0.2, 0.25) is 5.91 Å². The summed E-state index contributed by atoms with van der Waals surface area (Å²) in [5, 5.41) is 15.2. The second kappa shape index (κ2) is 6.01. The first-order valence-corrected chi connectivity index (χ1v) is 5.46. The summed E-state index contributed by atoms with van der Waals surface area (Å²) in [6.07, 6.45) is 0. The maximum absolute atomic E-state index is 11.7. The van der Waals surface area contributed by atoms with E-state index in [9.17, 15) is 19.7 Å². The van der Waals surface area contributed by atoms with Crippen LogP contribution in [0.2, 0.25) is 5.02 Å². The van der Waals surface area contributed by atoms with Gasteiger partial charge in [0, 0.05) is 18.7 Å². The van der Waals surface area contributed by atoms with Crippen LogP contribution in [0.1, 0.15) is 10.4 Å². The number of halogens is 1. The van der Waals surface area contributed by atoms with E-state index in [0.717, 1.165) is 6.07 Å². The highest BCUT2D eigenvalue weighted by molar-refractivity contribution is 6.34. The fourth-order valence-electron chi connectivity index (χ4n) is 1.24. The quantitative estimate of drug-likeness (QED) is 0.417. The van der Waals surface area contributed by atoms with Gasteiger partial charge in [0.1, 0.15) is 5.69 Å². The van der Waals surface area contributed by atoms with E-state index in [0.29, 0.717) is 0 Å². The Hall–Kier alpha value is -2.35. The second-order valence-electron chi connectivity index (χ2n) is 3.50. The van der Waals surface area contributed by atoms with Crippen molar-refractivity contribution in [2.24, 2.45) is 0 Å². The van der Waals surface area contributed by atoms with Gasteiger partial charge in [-0.2, -0.15) is 0 Å². The molecule has 4 N–H and O–H groups in total. The van der Waals surface area contributed by atoms with Gasteiger partial charge in [0.15, 0.2) is 0 Å². The van der Waals surface area contributed by atoms with Crippen LogP contribution in [-0.4, -0.2) is 30.3 Å². The molecule has 19 heavy (non-hydrogen) atoms. The molecule has 1 aromatic rings. The number of nitrogens with one attached hydrogen (secondary N) is 2. The summed E-state index contributed by atoms with van der Waals surface area (Å²) in [6.45, 7) is -0.245. The minimum Gasteiger partial charge on any atom is -0.392 e. The first kappa shape index (κ1) is 14.7. The van der Waals surface area contributed by atoms with E-state index in [-0.39, 0.29) is 22.8 Å². The molecule has 2 amide bonds. The van der Waals surface area contributed by atoms with E-state index < -0.39 is 22.4 Å². The molecule has 1 rings (SSSR count). The van der Waals surface area contributed by atoms with E-state index >= 15 is 0 Å². The molecule has 0 unspecified atom stereocenters. The zero-order chi connectivity index (χ0) is 14.6. The van der Waals surface area contributed by atoms with Gasteiger partial charge in [-0.05, 0) is 6.07 Å². The number of hydrogen-bond acceptors (Lipinski definition) is 5. The van der Waals surface area contributed by atoms with Crippen LogP contribution in [0.3, 0.4) is 0 Å². The van der Waals surface area contributed by atoms with Gasteiger partial charge in [-0.15, -0.1) is 0 Å². The van der Waals surface area contributed by atoms with Crippen molar-refractivity contribution in [3.05, 3.63) is 32.8 Å². The van der Waals surface area contributed by atoms with Crippen LogP contribution in [0, 0.1) is 10.1 Å². The van der Waals surface area contributed by atoms with E-state index in [4.69, 9.17) is 17.3 Å². The minimum atomic E-state index is -0.739. The van der Waals surface area contributed by atoms with Crippen molar-refractivity contribution in [2.45, 2.75) is 0 Å². The monoisotopic (exact) mass is 286 g/mol. The predicted octanol–water partition coefficient (Wildman–Crippen LogP) is 0.306. The fourth-order valence-corrected chi connectivity index (χ4v) is 1.45. The van der Waals surface area contributed by atoms with E-state index in [1.165, 1.54) is 13.1 Å². The predicted molar refractivity (Wildman–Crippen MR) is 68.9 cm³/mol. The number of rotatable bonds is 4. The SMILES string of the molecule is CNC(=O)CNC(=O)c1cc(Cl)c(N)c([N+](=O)[O-])c1. The summed E-state index contributed by atoms with van der Waals surface area (Å²) >= 11 is 5.71. The molecule has 0 aliphatic rings. The Balaban J connectivity index is 2.98. The molecule has 0 aliphatic heterocycles. The van der Waals surface area contributed by atoms with E-state index in [1.54, 1.807) is 0 Å². The summed E-state index contributed by atoms with van der Waals surface area (Å²) in [7, 11) is 1.42. The normalized spacial score (nSPS) is 9.79. The first-order valence-electron chi connectivity index (χ1n) is 5.09. The van der Waals surface area contributed by atoms with Crippen LogP contribution >= 0.6 is 11.6 Å². The molecule has 0 heterocycles. The van der Waals surface area contributed by atoms with Crippen LogP contribution in [-0.2, 0) is 4.79 Å². The number of nitrogens with two attached hydrogens (primary N) is 1. The van der Waals surface area contributed by atoms with Crippen LogP contribution in [0.4, 0.5) is 11.4 Å². The maximum Gasteiger partial charge on any atom is 0.294 e. The van der Waals surface area contributed by atoms with Crippen molar-refractivity contribution in [3.63, 3.8) is 0 Å². The van der Waals surface area contributed by atoms with Crippen LogP contribution < -0.4 is 16.4 Å². The molecular formula is C10H11ClN4O4. The highest BCUT2D eigenvalue weighted by atomic mass is 35.5. The Kier molecular flexibility index (Phi) is 4.65. The molecule has 0 aromatic heterocycles. The summed E-state index contributed by atoms with van der Waals surface area (Å²) in [4.78, 5) is 32.6. The zero-order valence-corrected chi connectivity index (χ0v) is 10.7. The van der Waals surface area contributed by atoms with Gasteiger partial charge in [0.25, 0.3) is 11.6 Å². The molecule has 1 aromatic carbocycles. The van der Waals surface area contributed by atoms with Crippen LogP contribution in [0.5, 0.6) is 0 Å². The lowest BCUT2D eigenvalue weighted by atomic mass is 10.1. The zero-order valence-electron chi connectivity index (χ0n) is 9.90. The standard InChI is InChI=1S/C10H11ClN4O4/c1-13-8(16)4-14-10(17)5-2-6(11)9(12)7(3-5)15(18)19/h2-3H,4,12H2,1H3,(H,13,16)(H,14,17). The number of nitro groups is 1. The molecule has 0 saturated heterocycles. The lowest BCUT2D eigenvalue weighted by molar-refractivity contribution is -0.383. The number of benzene rings is 1. The summed E-state index contributed by atoms with van der Waals surface area (Å²) in [5.74, 6) is -1.06. The second-order valence-corrected chi connectivity index (χ2v) is 3.91. The number of carbonyl (C=O) groups excluding carboxylic acids is 2. The van der Waals surface area contributed by atoms with Crippen molar-refractivity contribution >= 4 is 34.8 Å². The Bertz CT molecular complexity index is 547. The van der Waals surface area contributed by atoms with Crippen LogP contribution in [0.25, 0.3) is 0 Å². The molecule has 9 heteroatoms. The number of amides is 2. The third-order valence-electron chi connectivity index (χ3n) is 2.25. The van der Waals surface area contributed by atoms with Gasteiger partial charge in [-0.1, -0.05) is 11.6 Å². The third kappa shape index (κ3) is 3.55. The van der Waals surface area contributed by atoms with Gasteiger partial charge in [-0.25, -0.2) is 0 Å². The van der Waals surface area contributed by atoms with Crippen molar-refractivity contribution < 1.29 is 14.5 Å². The molecule has 0 bridgehead atoms. The molecule has 0 atom stereocenters. The molecular weight excluding hydrogens is 276 g/mol. The number of hydrogen-bond donors (Lipinski definition) is 3. The summed E-state index contributed by atoms with van der Waals surface area (Å²) < 4.78 is 0. The Morgan fingerprint density at radius 2 is 2.11 bits per heavy atom. The average molecular weight is 287 g/mol. The number of nitrogen functional groups attached to an aromatic ring is 1. The average Bonchev–Trinajstić information content (AvgIpc) is 2.37. The highest BCUT2D eigenvalue weighted by Crippen LogP contribution is 2.30. The maximum atomic E-state index is 11.7. The molecule has 0 aliphatic carbocycles. The fraction of sp³-hybridized carbons (Fsp3) is 0.200. The Morgan fingerprint density at radius 3 is 2.63 bits per heavy atom. The smallest absolute Gasteiger partial charge is 0.294 e. The van der Waals surface area contributed by atoms with E-state index in [1.807, 2.05) is 0 Å². The van der Waals surface area contributed by atoms with Crippen molar-refractivity contribution in [3.8, 4) is 0 Å². The highest BCUT2D eigenvalue weighted by Gasteiger charge is 2.19. The summed E-state index contributed by atoms with van der Waals surface area (Å²) in [6, 6.07) is 2.20. The minimum absolute atomic E-state index is 0.0465. The molecule has 0 spiro atoms. The summed E-state index contributed by atoms with van der Waals surface area (Å²) in [5.41, 5.74) is 4.71. The first-order chi connectivity index (χ1) is 8.86. The topological polar surface area (TPSA) is 127 Å². The van der Waals surface area contributed by atoms with Crippen molar-refractivity contribution in [1.82, 2.24) is 10.6 Å². The molecule has 0 fully saturated rings. The van der Waals surface area contributed by atoms with Crippen LogP contribution in [0.15, 0.2) is 12.1 Å². The number of nitrogens with zero attached hydrogens (tertiary/aromatic N) is 1. The largest absolute Gasteiger partial charge is 0.392 e. The van der Waals surface area contributed by atoms with Crippen molar-refractivity contribution in [1.29, 1.82) is 0 Å². The van der Waals surface area contributed by atoms with Crippen molar-refractivity contribution in [2.75, 3.05) is 19.3 Å². The lowest BCUT2D eigenvalue weighted by Crippen LogP contribution is -2.35. The number of nitro benzene ring substituents is 1. The van der Waals surface area contributed by atoms with Gasteiger partial charge in [0.05, 0.1) is 16.5 Å². The Morgan fingerprint density at radius 1 is 1.47 bits per heavy atom. The van der Waals surface area contributed by atoms with Gasteiger partial charge in [-0.3, -0.25) is 19.7 Å². The lowest BCUT2D eigenvalue weighted by Gasteiger charge is -2.06. The molecule has 8 nitrogen and oxygen atoms in total. The third-order valence-corrected chi connectivity index (χ3v) is 2.57. The van der Waals surface area contributed by atoms with Gasteiger partial charge < -0.3 is 16.4 Å².